The van der Waals surface area contributed by atoms with Gasteiger partial charge in [0.1, 0.15) is 6.04 Å². The Hall–Kier alpha value is -1.98. The fraction of sp³-hybridized carbons (Fsp3) is 0.440. The molecule has 0 fully saturated rings. The van der Waals surface area contributed by atoms with Crippen LogP contribution in [0.2, 0.25) is 5.02 Å². The molecule has 0 aliphatic carbocycles. The number of carbonyl (C=O) groups excluding carboxylic acids is 2. The molecule has 0 aliphatic heterocycles. The maximum atomic E-state index is 13.2. The summed E-state index contributed by atoms with van der Waals surface area (Å²) in [7, 11) is 0. The molecule has 0 radical (unpaired) electrons. The van der Waals surface area contributed by atoms with Gasteiger partial charge in [-0.25, -0.2) is 0 Å². The number of halogens is 1. The maximum Gasteiger partial charge on any atom is 0.243 e. The highest BCUT2D eigenvalue weighted by molar-refractivity contribution is 7.99. The topological polar surface area (TPSA) is 49.4 Å². The van der Waals surface area contributed by atoms with Crippen LogP contribution in [0.4, 0.5) is 0 Å². The van der Waals surface area contributed by atoms with E-state index in [2.05, 4.69) is 5.32 Å². The van der Waals surface area contributed by atoms with Gasteiger partial charge in [0.25, 0.3) is 0 Å². The van der Waals surface area contributed by atoms with Crippen LogP contribution in [0.25, 0.3) is 0 Å². The molecule has 168 valence electrons. The summed E-state index contributed by atoms with van der Waals surface area (Å²) in [5.41, 5.74) is 1.89. The summed E-state index contributed by atoms with van der Waals surface area (Å²) < 4.78 is 0. The standard InChI is InChI=1S/C25H33ClN2O2S/c1-5-22(24(30)27-25(2,3)4)28(15-14-19-10-7-6-8-11-19)23(29)18-31-17-20-12-9-13-21(26)16-20/h6-13,16,22H,5,14-15,17-18H2,1-4H3,(H,27,30). The van der Waals surface area contributed by atoms with Gasteiger partial charge in [0, 0.05) is 22.9 Å². The van der Waals surface area contributed by atoms with Crippen molar-refractivity contribution in [2.24, 2.45) is 0 Å². The molecule has 0 spiro atoms. The van der Waals surface area contributed by atoms with Crippen LogP contribution in [0.5, 0.6) is 0 Å². The molecule has 2 aromatic rings. The number of carbonyl (C=O) groups is 2. The van der Waals surface area contributed by atoms with E-state index >= 15 is 0 Å². The molecule has 2 aromatic carbocycles. The van der Waals surface area contributed by atoms with E-state index < -0.39 is 6.04 Å². The van der Waals surface area contributed by atoms with Crippen molar-refractivity contribution in [2.75, 3.05) is 12.3 Å². The second-order valence-corrected chi connectivity index (χ2v) is 10.0. The number of nitrogens with one attached hydrogen (secondary N) is 1. The molecule has 1 unspecified atom stereocenters. The Kier molecular flexibility index (Phi) is 9.92. The zero-order valence-electron chi connectivity index (χ0n) is 18.9. The van der Waals surface area contributed by atoms with Gasteiger partial charge in [-0.05, 0) is 56.9 Å². The predicted octanol–water partition coefficient (Wildman–Crippen LogP) is 5.34. The van der Waals surface area contributed by atoms with Crippen LogP contribution >= 0.6 is 23.4 Å². The van der Waals surface area contributed by atoms with Crippen molar-refractivity contribution in [1.29, 1.82) is 0 Å². The molecule has 1 atom stereocenters. The molecule has 1 N–H and O–H groups in total. The summed E-state index contributed by atoms with van der Waals surface area (Å²) in [5, 5.41) is 3.73. The molecule has 4 nitrogen and oxygen atoms in total. The van der Waals surface area contributed by atoms with Crippen LogP contribution in [0.15, 0.2) is 54.6 Å². The Labute approximate surface area is 195 Å². The summed E-state index contributed by atoms with van der Waals surface area (Å²) in [6.07, 6.45) is 1.28. The molecule has 2 rings (SSSR count). The Morgan fingerprint density at radius 3 is 2.35 bits per heavy atom. The van der Waals surface area contributed by atoms with E-state index in [1.54, 1.807) is 16.7 Å². The molecule has 0 bridgehead atoms. The third-order valence-electron chi connectivity index (χ3n) is 4.75. The molecule has 0 heterocycles. The first-order valence-electron chi connectivity index (χ1n) is 10.7. The maximum absolute atomic E-state index is 13.2. The second kappa shape index (κ2) is 12.2. The zero-order chi connectivity index (χ0) is 22.9. The molecule has 31 heavy (non-hydrogen) atoms. The lowest BCUT2D eigenvalue weighted by Crippen LogP contribution is -2.54. The number of nitrogens with zero attached hydrogens (tertiary/aromatic N) is 1. The van der Waals surface area contributed by atoms with Crippen molar-refractivity contribution >= 4 is 35.2 Å². The first-order valence-corrected chi connectivity index (χ1v) is 12.2. The van der Waals surface area contributed by atoms with E-state index in [1.165, 1.54) is 0 Å². The lowest BCUT2D eigenvalue weighted by molar-refractivity contribution is -0.139. The van der Waals surface area contributed by atoms with Gasteiger partial charge in [0.15, 0.2) is 0 Å². The second-order valence-electron chi connectivity index (χ2n) is 8.61. The van der Waals surface area contributed by atoms with Gasteiger partial charge < -0.3 is 10.2 Å². The van der Waals surface area contributed by atoms with E-state index in [9.17, 15) is 9.59 Å². The predicted molar refractivity (Wildman–Crippen MR) is 131 cm³/mol. The fourth-order valence-electron chi connectivity index (χ4n) is 3.31. The van der Waals surface area contributed by atoms with Gasteiger partial charge in [0.05, 0.1) is 5.75 Å². The minimum atomic E-state index is -0.484. The number of hydrogen-bond acceptors (Lipinski definition) is 3. The number of rotatable bonds is 10. The highest BCUT2D eigenvalue weighted by atomic mass is 35.5. The molecule has 2 amide bonds. The average molecular weight is 461 g/mol. The minimum Gasteiger partial charge on any atom is -0.350 e. The van der Waals surface area contributed by atoms with Gasteiger partial charge in [-0.1, -0.05) is 61.0 Å². The first-order chi connectivity index (χ1) is 14.7. The minimum absolute atomic E-state index is 0.0149. The quantitative estimate of drug-likeness (QED) is 0.520. The molecule has 6 heteroatoms. The van der Waals surface area contributed by atoms with Crippen molar-refractivity contribution in [3.8, 4) is 0 Å². The van der Waals surface area contributed by atoms with Gasteiger partial charge in [-0.3, -0.25) is 9.59 Å². The van der Waals surface area contributed by atoms with Crippen molar-refractivity contribution in [2.45, 2.75) is 57.9 Å². The summed E-state index contributed by atoms with van der Waals surface area (Å²) in [6.45, 7) is 8.32. The fourth-order valence-corrected chi connectivity index (χ4v) is 4.39. The number of hydrogen-bond donors (Lipinski definition) is 1. The summed E-state index contributed by atoms with van der Waals surface area (Å²) >= 11 is 7.60. The van der Waals surface area contributed by atoms with E-state index in [4.69, 9.17) is 11.6 Å². The SMILES string of the molecule is CCC(C(=O)NC(C)(C)C)N(CCc1ccccc1)C(=O)CSCc1cccc(Cl)c1. The third-order valence-corrected chi connectivity index (χ3v) is 5.98. The zero-order valence-corrected chi connectivity index (χ0v) is 20.4. The lowest BCUT2D eigenvalue weighted by atomic mass is 10.1. The van der Waals surface area contributed by atoms with Crippen LogP contribution < -0.4 is 5.32 Å². The Bertz CT molecular complexity index is 852. The number of benzene rings is 2. The van der Waals surface area contributed by atoms with E-state index in [0.29, 0.717) is 35.9 Å². The van der Waals surface area contributed by atoms with E-state index in [0.717, 1.165) is 11.1 Å². The van der Waals surface area contributed by atoms with Crippen LogP contribution in [0, 0.1) is 0 Å². The largest absolute Gasteiger partial charge is 0.350 e. The van der Waals surface area contributed by atoms with Crippen molar-refractivity contribution in [3.63, 3.8) is 0 Å². The molecular formula is C25H33ClN2O2S. The molecule has 0 aromatic heterocycles. The van der Waals surface area contributed by atoms with Gasteiger partial charge in [-0.15, -0.1) is 11.8 Å². The highest BCUT2D eigenvalue weighted by Gasteiger charge is 2.30. The van der Waals surface area contributed by atoms with E-state index in [1.807, 2.05) is 82.3 Å². The first kappa shape index (κ1) is 25.3. The van der Waals surface area contributed by atoms with Crippen LogP contribution in [0.3, 0.4) is 0 Å². The smallest absolute Gasteiger partial charge is 0.243 e. The summed E-state index contributed by atoms with van der Waals surface area (Å²) in [4.78, 5) is 27.9. The number of thioether (sulfide) groups is 1. The molecular weight excluding hydrogens is 428 g/mol. The molecule has 0 saturated carbocycles. The van der Waals surface area contributed by atoms with Gasteiger partial charge in [0.2, 0.25) is 11.8 Å². The Morgan fingerprint density at radius 2 is 1.74 bits per heavy atom. The van der Waals surface area contributed by atoms with Crippen LogP contribution in [0.1, 0.15) is 45.2 Å². The Balaban J connectivity index is 2.08. The van der Waals surface area contributed by atoms with E-state index in [-0.39, 0.29) is 17.4 Å². The summed E-state index contributed by atoms with van der Waals surface area (Å²) in [6, 6.07) is 17.2. The highest BCUT2D eigenvalue weighted by Crippen LogP contribution is 2.18. The van der Waals surface area contributed by atoms with Crippen LogP contribution in [-0.2, 0) is 21.8 Å². The van der Waals surface area contributed by atoms with Crippen molar-refractivity contribution in [1.82, 2.24) is 10.2 Å². The van der Waals surface area contributed by atoms with Crippen LogP contribution in [-0.4, -0.2) is 40.6 Å². The van der Waals surface area contributed by atoms with Crippen molar-refractivity contribution in [3.05, 3.63) is 70.7 Å². The average Bonchev–Trinajstić information content (AvgIpc) is 2.70. The van der Waals surface area contributed by atoms with Gasteiger partial charge >= 0.3 is 0 Å². The monoisotopic (exact) mass is 460 g/mol. The molecule has 0 aliphatic rings. The van der Waals surface area contributed by atoms with Crippen molar-refractivity contribution < 1.29 is 9.59 Å². The Morgan fingerprint density at radius 1 is 1.06 bits per heavy atom. The molecule has 0 saturated heterocycles. The normalized spacial score (nSPS) is 12.3. The number of amides is 2. The third kappa shape index (κ3) is 8.96. The summed E-state index contributed by atoms with van der Waals surface area (Å²) in [5.74, 6) is 0.903. The van der Waals surface area contributed by atoms with Gasteiger partial charge in [-0.2, -0.15) is 0 Å². The lowest BCUT2D eigenvalue weighted by Gasteiger charge is -2.33.